The summed E-state index contributed by atoms with van der Waals surface area (Å²) in [7, 11) is 0. The van der Waals surface area contributed by atoms with Gasteiger partial charge in [-0.1, -0.05) is 95.8 Å². The predicted octanol–water partition coefficient (Wildman–Crippen LogP) is 8.19. The average Bonchev–Trinajstić information content (AvgIpc) is 3.40. The van der Waals surface area contributed by atoms with Gasteiger partial charge in [-0.05, 0) is 61.5 Å². The van der Waals surface area contributed by atoms with E-state index in [1.807, 2.05) is 18.2 Å². The van der Waals surface area contributed by atoms with Gasteiger partial charge in [-0.25, -0.2) is 0 Å². The molecule has 3 rings (SSSR count). The molecule has 0 unspecified atom stereocenters. The van der Waals surface area contributed by atoms with Crippen molar-refractivity contribution >= 4 is 17.7 Å². The third kappa shape index (κ3) is 9.09. The third-order valence-electron chi connectivity index (χ3n) is 8.25. The molecule has 1 heterocycles. The van der Waals surface area contributed by atoms with Crippen molar-refractivity contribution in [1.29, 1.82) is 0 Å². The lowest BCUT2D eigenvalue weighted by Gasteiger charge is -2.30. The predicted molar refractivity (Wildman–Crippen MR) is 172 cm³/mol. The quantitative estimate of drug-likeness (QED) is 0.129. The average molecular weight is 579 g/mol. The molecule has 224 valence electrons. The Morgan fingerprint density at radius 2 is 1.66 bits per heavy atom. The molecule has 2 aromatic carbocycles. The van der Waals surface area contributed by atoms with Crippen LogP contribution in [-0.2, 0) is 22.2 Å². The Balaban J connectivity index is 1.37. The Morgan fingerprint density at radius 1 is 0.927 bits per heavy atom. The minimum atomic E-state index is 0.0534. The van der Waals surface area contributed by atoms with Gasteiger partial charge < -0.3 is 14.6 Å². The number of nitrogens with one attached hydrogen (secondary N) is 1. The summed E-state index contributed by atoms with van der Waals surface area (Å²) in [6.45, 7) is 17.9. The number of hydrogen-bond donors (Lipinski definition) is 1. The first-order chi connectivity index (χ1) is 19.6. The Kier molecular flexibility index (Phi) is 12.3. The molecule has 0 saturated carbocycles. The summed E-state index contributed by atoms with van der Waals surface area (Å²) >= 11 is 1.66. The minimum absolute atomic E-state index is 0.0534. The molecular weight excluding hydrogens is 528 g/mol. The van der Waals surface area contributed by atoms with Gasteiger partial charge in [-0.15, -0.1) is 10.2 Å². The molecule has 0 aliphatic rings. The highest BCUT2D eigenvalue weighted by molar-refractivity contribution is 7.99. The number of carbonyl (C=O) groups excluding carboxylic acids is 1. The highest BCUT2D eigenvalue weighted by Crippen LogP contribution is 2.38. The van der Waals surface area contributed by atoms with Crippen LogP contribution in [0.15, 0.2) is 53.7 Å². The van der Waals surface area contributed by atoms with Gasteiger partial charge in [0, 0.05) is 36.4 Å². The largest absolute Gasteiger partial charge is 0.493 e. The van der Waals surface area contributed by atoms with Crippen LogP contribution in [0.25, 0.3) is 11.4 Å². The summed E-state index contributed by atoms with van der Waals surface area (Å²) in [5.41, 5.74) is 3.93. The first kappa shape index (κ1) is 32.7. The molecule has 1 amide bonds. The van der Waals surface area contributed by atoms with Crippen molar-refractivity contribution in [2.45, 2.75) is 110 Å². The van der Waals surface area contributed by atoms with Gasteiger partial charge in [0.25, 0.3) is 0 Å². The van der Waals surface area contributed by atoms with E-state index in [1.165, 1.54) is 11.1 Å². The van der Waals surface area contributed by atoms with E-state index in [2.05, 4.69) is 98.9 Å². The van der Waals surface area contributed by atoms with Crippen LogP contribution in [0.4, 0.5) is 0 Å². The molecule has 7 heteroatoms. The van der Waals surface area contributed by atoms with Crippen LogP contribution in [0.5, 0.6) is 5.75 Å². The fourth-order valence-corrected chi connectivity index (χ4v) is 5.54. The molecule has 0 bridgehead atoms. The number of ether oxygens (including phenoxy) is 1. The summed E-state index contributed by atoms with van der Waals surface area (Å²) in [5, 5.41) is 12.8. The molecule has 0 saturated heterocycles. The number of aromatic nitrogens is 3. The second-order valence-corrected chi connectivity index (χ2v) is 13.0. The Bertz CT molecular complexity index is 1240. The van der Waals surface area contributed by atoms with Gasteiger partial charge in [0.2, 0.25) is 5.91 Å². The maximum atomic E-state index is 12.4. The number of benzene rings is 2. The molecule has 0 atom stereocenters. The summed E-state index contributed by atoms with van der Waals surface area (Å²) in [4.78, 5) is 12.4. The molecular formula is C34H50N4O2S. The molecule has 6 nitrogen and oxygen atoms in total. The summed E-state index contributed by atoms with van der Waals surface area (Å²) in [5.74, 6) is 2.82. The van der Waals surface area contributed by atoms with Gasteiger partial charge in [0.15, 0.2) is 11.0 Å². The zero-order chi connectivity index (χ0) is 29.9. The number of nitrogens with zero attached hydrogens (tertiary/aromatic N) is 3. The van der Waals surface area contributed by atoms with E-state index in [1.54, 1.807) is 11.8 Å². The van der Waals surface area contributed by atoms with E-state index in [9.17, 15) is 4.79 Å². The van der Waals surface area contributed by atoms with Crippen molar-refractivity contribution in [3.8, 4) is 17.1 Å². The number of rotatable bonds is 17. The topological polar surface area (TPSA) is 69.0 Å². The summed E-state index contributed by atoms with van der Waals surface area (Å²) in [6, 6.07) is 16.9. The van der Waals surface area contributed by atoms with E-state index < -0.39 is 0 Å². The molecule has 41 heavy (non-hydrogen) atoms. The fourth-order valence-electron chi connectivity index (χ4n) is 4.60. The van der Waals surface area contributed by atoms with Crippen molar-refractivity contribution in [3.63, 3.8) is 0 Å². The summed E-state index contributed by atoms with van der Waals surface area (Å²) in [6.07, 6.45) is 5.28. The molecule has 0 fully saturated rings. The van der Waals surface area contributed by atoms with Crippen molar-refractivity contribution in [3.05, 3.63) is 59.7 Å². The van der Waals surface area contributed by atoms with E-state index in [-0.39, 0.29) is 16.7 Å². The van der Waals surface area contributed by atoms with Gasteiger partial charge in [0.05, 0.1) is 6.61 Å². The van der Waals surface area contributed by atoms with Crippen LogP contribution in [0.3, 0.4) is 0 Å². The van der Waals surface area contributed by atoms with Crippen molar-refractivity contribution in [2.24, 2.45) is 0 Å². The van der Waals surface area contributed by atoms with Crippen LogP contribution in [0, 0.1) is 0 Å². The van der Waals surface area contributed by atoms with Crippen LogP contribution in [0.1, 0.15) is 98.1 Å². The number of amides is 1. The van der Waals surface area contributed by atoms with E-state index in [0.717, 1.165) is 66.7 Å². The molecule has 1 N–H and O–H groups in total. The lowest BCUT2D eigenvalue weighted by Crippen LogP contribution is -2.24. The molecule has 0 aliphatic carbocycles. The molecule has 0 spiro atoms. The Hall–Kier alpha value is -2.80. The smallest absolute Gasteiger partial charge is 0.220 e. The Labute approximate surface area is 252 Å². The maximum absolute atomic E-state index is 12.4. The number of carbonyl (C=O) groups is 1. The second-order valence-electron chi connectivity index (χ2n) is 12.0. The zero-order valence-electron chi connectivity index (χ0n) is 26.3. The lowest BCUT2D eigenvalue weighted by atomic mass is 9.76. The number of hydrogen-bond acceptors (Lipinski definition) is 5. The first-order valence-electron chi connectivity index (χ1n) is 15.3. The molecule has 3 aromatic rings. The van der Waals surface area contributed by atoms with Crippen LogP contribution < -0.4 is 10.1 Å². The van der Waals surface area contributed by atoms with Crippen molar-refractivity contribution in [1.82, 2.24) is 20.1 Å². The summed E-state index contributed by atoms with van der Waals surface area (Å²) < 4.78 is 8.41. The zero-order valence-corrected chi connectivity index (χ0v) is 27.1. The van der Waals surface area contributed by atoms with Gasteiger partial charge in [-0.3, -0.25) is 4.79 Å². The fraction of sp³-hybridized carbons (Fsp3) is 0.559. The second kappa shape index (κ2) is 15.4. The van der Waals surface area contributed by atoms with E-state index in [0.29, 0.717) is 19.6 Å². The van der Waals surface area contributed by atoms with Crippen LogP contribution in [0.2, 0.25) is 0 Å². The van der Waals surface area contributed by atoms with Gasteiger partial charge in [-0.2, -0.15) is 0 Å². The normalized spacial score (nSPS) is 12.0. The van der Waals surface area contributed by atoms with E-state index >= 15 is 0 Å². The number of thioether (sulfide) groups is 1. The molecule has 0 aliphatic heterocycles. The van der Waals surface area contributed by atoms with Crippen LogP contribution in [-0.4, -0.2) is 39.6 Å². The Morgan fingerprint density at radius 3 is 2.34 bits per heavy atom. The van der Waals surface area contributed by atoms with Gasteiger partial charge >= 0.3 is 0 Å². The van der Waals surface area contributed by atoms with Crippen molar-refractivity contribution < 1.29 is 9.53 Å². The highest BCUT2D eigenvalue weighted by atomic mass is 32.2. The molecule has 1 aromatic heterocycles. The van der Waals surface area contributed by atoms with Crippen molar-refractivity contribution in [2.75, 3.05) is 18.9 Å². The standard InChI is InChI=1S/C34H50N4O2S/c1-8-33(4,5)27-20-21-29(28(25-27)34(6,7)9-2)40-23-15-14-22-35-30(39)19-16-24-41-32-37-36-31(38(32)10-3)26-17-12-11-13-18-26/h11-13,17-18,20-21,25H,8-10,14-16,19,22-24H2,1-7H3,(H,35,39). The lowest BCUT2D eigenvalue weighted by molar-refractivity contribution is -0.121. The van der Waals surface area contributed by atoms with Crippen LogP contribution >= 0.6 is 11.8 Å². The number of unbranched alkanes of at least 4 members (excludes halogenated alkanes) is 1. The third-order valence-corrected chi connectivity index (χ3v) is 9.31. The highest BCUT2D eigenvalue weighted by Gasteiger charge is 2.26. The molecule has 0 radical (unpaired) electrons. The van der Waals surface area contributed by atoms with Gasteiger partial charge in [0.1, 0.15) is 5.75 Å². The minimum Gasteiger partial charge on any atom is -0.493 e. The maximum Gasteiger partial charge on any atom is 0.220 e. The SMILES string of the molecule is CCn1c(SCCCC(=O)NCCCCOc2ccc(C(C)(C)CC)cc2C(C)(C)CC)nnc1-c1ccccc1. The first-order valence-corrected chi connectivity index (χ1v) is 16.3. The monoisotopic (exact) mass is 578 g/mol. The van der Waals surface area contributed by atoms with E-state index in [4.69, 9.17) is 4.74 Å².